The highest BCUT2D eigenvalue weighted by Gasteiger charge is 2.48. The molecule has 1 heterocycles. The minimum atomic E-state index is -4.69. The van der Waals surface area contributed by atoms with Gasteiger partial charge in [-0.15, -0.1) is 5.06 Å². The first-order valence-electron chi connectivity index (χ1n) is 6.27. The number of imide groups is 1. The van der Waals surface area contributed by atoms with Crippen molar-refractivity contribution in [2.75, 3.05) is 0 Å². The number of nitrogens with zero attached hydrogens (tertiary/aromatic N) is 1. The number of carbonyl (C=O) groups excluding carboxylic acids is 3. The van der Waals surface area contributed by atoms with Gasteiger partial charge in [0.2, 0.25) is 0 Å². The van der Waals surface area contributed by atoms with Gasteiger partial charge in [-0.2, -0.15) is 8.42 Å². The van der Waals surface area contributed by atoms with Crippen molar-refractivity contribution in [3.8, 4) is 0 Å². The molecule has 0 aromatic heterocycles. The van der Waals surface area contributed by atoms with E-state index in [1.807, 2.05) is 6.92 Å². The lowest BCUT2D eigenvalue weighted by Gasteiger charge is -2.17. The van der Waals surface area contributed by atoms with Gasteiger partial charge in [-0.3, -0.25) is 14.1 Å². The van der Waals surface area contributed by atoms with Crippen LogP contribution in [0.1, 0.15) is 39.5 Å². The molecule has 2 atom stereocenters. The molecule has 1 rings (SSSR count). The average molecular weight is 307 g/mol. The summed E-state index contributed by atoms with van der Waals surface area (Å²) in [6.07, 6.45) is 1.01. The minimum Gasteiger partial charge on any atom is -0.330 e. The second-order valence-electron chi connectivity index (χ2n) is 4.54. The van der Waals surface area contributed by atoms with E-state index in [9.17, 15) is 22.8 Å². The second kappa shape index (κ2) is 6.31. The predicted octanol–water partition coefficient (Wildman–Crippen LogP) is 0.286. The van der Waals surface area contributed by atoms with Crippen LogP contribution in [0.2, 0.25) is 0 Å². The molecule has 8 nitrogen and oxygen atoms in total. The van der Waals surface area contributed by atoms with Gasteiger partial charge in [0.05, 0.1) is 12.3 Å². The fourth-order valence-corrected chi connectivity index (χ4v) is 2.62. The largest absolute Gasteiger partial charge is 0.336 e. The minimum absolute atomic E-state index is 0.138. The summed E-state index contributed by atoms with van der Waals surface area (Å²) >= 11 is 0. The number of amides is 2. The molecule has 0 radical (unpaired) electrons. The van der Waals surface area contributed by atoms with Crippen molar-refractivity contribution >= 4 is 27.9 Å². The summed E-state index contributed by atoms with van der Waals surface area (Å²) < 4.78 is 30.7. The van der Waals surface area contributed by atoms with E-state index in [2.05, 4.69) is 4.84 Å². The van der Waals surface area contributed by atoms with Crippen molar-refractivity contribution in [2.24, 2.45) is 5.92 Å². The highest BCUT2D eigenvalue weighted by atomic mass is 32.2. The van der Waals surface area contributed by atoms with Crippen LogP contribution in [-0.4, -0.2) is 41.1 Å². The van der Waals surface area contributed by atoms with E-state index in [1.165, 1.54) is 0 Å². The van der Waals surface area contributed by atoms with Crippen LogP contribution in [0.3, 0.4) is 0 Å². The molecule has 2 unspecified atom stereocenters. The van der Waals surface area contributed by atoms with Crippen molar-refractivity contribution < 1.29 is 32.2 Å². The molecule has 1 aliphatic rings. The smallest absolute Gasteiger partial charge is 0.330 e. The third-order valence-electron chi connectivity index (χ3n) is 3.07. The summed E-state index contributed by atoms with van der Waals surface area (Å²) in [5, 5.41) is -1.76. The third-order valence-corrected chi connectivity index (χ3v) is 4.15. The molecule has 0 aromatic carbocycles. The van der Waals surface area contributed by atoms with Crippen LogP contribution in [0.5, 0.6) is 0 Å². The van der Waals surface area contributed by atoms with Gasteiger partial charge in [-0.1, -0.05) is 20.3 Å². The summed E-state index contributed by atoms with van der Waals surface area (Å²) in [6, 6.07) is 0. The standard InChI is InChI=1S/C11H17NO7S/c1-3-5-7(4-2)11(15)19-12-9(13)6-8(10(12)14)20(16,17)18/h7-8H,3-6H2,1-2H3,(H,16,17,18). The molecule has 0 aliphatic carbocycles. The van der Waals surface area contributed by atoms with Crippen molar-refractivity contribution in [1.29, 1.82) is 0 Å². The maximum absolute atomic E-state index is 11.8. The van der Waals surface area contributed by atoms with Gasteiger partial charge in [0, 0.05) is 0 Å². The van der Waals surface area contributed by atoms with Crippen LogP contribution in [0.25, 0.3) is 0 Å². The molecule has 20 heavy (non-hydrogen) atoms. The van der Waals surface area contributed by atoms with Crippen LogP contribution >= 0.6 is 0 Å². The lowest BCUT2D eigenvalue weighted by molar-refractivity contribution is -0.200. The molecule has 0 spiro atoms. The second-order valence-corrected chi connectivity index (χ2v) is 6.14. The topological polar surface area (TPSA) is 118 Å². The maximum Gasteiger partial charge on any atom is 0.336 e. The van der Waals surface area contributed by atoms with E-state index in [-0.39, 0.29) is 5.06 Å². The molecule has 0 saturated carbocycles. The normalized spacial score (nSPS) is 21.1. The van der Waals surface area contributed by atoms with Crippen molar-refractivity contribution in [1.82, 2.24) is 5.06 Å². The molecule has 2 amide bonds. The predicted molar refractivity (Wildman–Crippen MR) is 66.6 cm³/mol. The van der Waals surface area contributed by atoms with E-state index in [0.717, 1.165) is 6.42 Å². The molecule has 0 bridgehead atoms. The SMILES string of the molecule is CCCC(CC)C(=O)ON1C(=O)CC(S(=O)(=O)O)C1=O. The lowest BCUT2D eigenvalue weighted by atomic mass is 10.0. The molecule has 9 heteroatoms. The quantitative estimate of drug-likeness (QED) is 0.553. The average Bonchev–Trinajstić information content (AvgIpc) is 2.63. The molecule has 1 N–H and O–H groups in total. The lowest BCUT2D eigenvalue weighted by Crippen LogP contribution is -2.38. The van der Waals surface area contributed by atoms with Gasteiger partial charge < -0.3 is 4.84 Å². The molecular weight excluding hydrogens is 290 g/mol. The zero-order valence-corrected chi connectivity index (χ0v) is 12.1. The Labute approximate surface area is 116 Å². The zero-order valence-electron chi connectivity index (χ0n) is 11.2. The first kappa shape index (κ1) is 16.6. The first-order chi connectivity index (χ1) is 9.22. The fraction of sp³-hybridized carbons (Fsp3) is 0.727. The zero-order chi connectivity index (χ0) is 15.5. The molecular formula is C11H17NO7S. The molecule has 114 valence electrons. The number of carbonyl (C=O) groups is 3. The number of rotatable bonds is 6. The molecule has 1 aliphatic heterocycles. The van der Waals surface area contributed by atoms with Gasteiger partial charge in [0.25, 0.3) is 21.9 Å². The third kappa shape index (κ3) is 3.54. The van der Waals surface area contributed by atoms with E-state index in [1.54, 1.807) is 6.92 Å². The van der Waals surface area contributed by atoms with Gasteiger partial charge in [-0.05, 0) is 12.8 Å². The summed E-state index contributed by atoms with van der Waals surface area (Å²) in [5.74, 6) is -3.42. The van der Waals surface area contributed by atoms with Crippen molar-refractivity contribution in [3.05, 3.63) is 0 Å². The van der Waals surface area contributed by atoms with Crippen LogP contribution in [0.4, 0.5) is 0 Å². The summed E-state index contributed by atoms with van der Waals surface area (Å²) in [7, 11) is -4.69. The Bertz CT molecular complexity index is 513. The number of hydrogen-bond donors (Lipinski definition) is 1. The Hall–Kier alpha value is -1.48. The highest BCUT2D eigenvalue weighted by Crippen LogP contribution is 2.22. The van der Waals surface area contributed by atoms with E-state index < -0.39 is 45.5 Å². The summed E-state index contributed by atoms with van der Waals surface area (Å²) in [5.41, 5.74) is 0. The van der Waals surface area contributed by atoms with E-state index in [0.29, 0.717) is 12.8 Å². The van der Waals surface area contributed by atoms with Crippen LogP contribution in [0, 0.1) is 5.92 Å². The first-order valence-corrected chi connectivity index (χ1v) is 7.77. The summed E-state index contributed by atoms with van der Waals surface area (Å²) in [4.78, 5) is 39.6. The maximum atomic E-state index is 11.8. The van der Waals surface area contributed by atoms with Gasteiger partial charge >= 0.3 is 5.97 Å². The fourth-order valence-electron chi connectivity index (χ4n) is 1.91. The molecule has 0 aromatic rings. The molecule has 1 fully saturated rings. The summed E-state index contributed by atoms with van der Waals surface area (Å²) in [6.45, 7) is 3.63. The Morgan fingerprint density at radius 3 is 2.45 bits per heavy atom. The van der Waals surface area contributed by atoms with E-state index >= 15 is 0 Å². The van der Waals surface area contributed by atoms with Crippen molar-refractivity contribution in [3.63, 3.8) is 0 Å². The Kier molecular flexibility index (Phi) is 5.23. The molecule has 1 saturated heterocycles. The van der Waals surface area contributed by atoms with Gasteiger partial charge in [0.1, 0.15) is 0 Å². The highest BCUT2D eigenvalue weighted by molar-refractivity contribution is 7.87. The Balaban J connectivity index is 2.81. The Morgan fingerprint density at radius 2 is 2.05 bits per heavy atom. The Morgan fingerprint density at radius 1 is 1.45 bits per heavy atom. The van der Waals surface area contributed by atoms with Gasteiger partial charge in [-0.25, -0.2) is 4.79 Å². The number of hydrogen-bond acceptors (Lipinski definition) is 6. The van der Waals surface area contributed by atoms with Crippen molar-refractivity contribution in [2.45, 2.75) is 44.8 Å². The van der Waals surface area contributed by atoms with Crippen LogP contribution in [-0.2, 0) is 29.3 Å². The van der Waals surface area contributed by atoms with E-state index in [4.69, 9.17) is 4.55 Å². The van der Waals surface area contributed by atoms with Crippen LogP contribution < -0.4 is 0 Å². The van der Waals surface area contributed by atoms with Crippen LogP contribution in [0.15, 0.2) is 0 Å². The van der Waals surface area contributed by atoms with Gasteiger partial charge in [0.15, 0.2) is 5.25 Å². The monoisotopic (exact) mass is 307 g/mol. The number of hydroxylamine groups is 2.